The number of benzene rings is 2. The summed E-state index contributed by atoms with van der Waals surface area (Å²) in [7, 11) is 0. The number of aliphatic imine (C=N–C) groups is 1. The molecule has 0 aliphatic carbocycles. The third kappa shape index (κ3) is 3.89. The first-order valence-electron chi connectivity index (χ1n) is 9.36. The Kier molecular flexibility index (Phi) is 5.33. The molecule has 0 amide bonds. The van der Waals surface area contributed by atoms with E-state index < -0.39 is 39.0 Å². The van der Waals surface area contributed by atoms with Crippen molar-refractivity contribution in [2.24, 2.45) is 4.99 Å². The Morgan fingerprint density at radius 3 is 2.36 bits per heavy atom. The summed E-state index contributed by atoms with van der Waals surface area (Å²) < 4.78 is 1.39. The van der Waals surface area contributed by atoms with E-state index >= 15 is 0 Å². The fourth-order valence-corrected chi connectivity index (χ4v) is 3.89. The highest BCUT2D eigenvalue weighted by Gasteiger charge is 2.19. The molecule has 0 unspecified atom stereocenters. The molecule has 168 valence electrons. The minimum atomic E-state index is -0.934. The predicted molar refractivity (Wildman–Crippen MR) is 124 cm³/mol. The molecule has 12 nitrogen and oxygen atoms in total. The Bertz CT molecular complexity index is 1660. The highest BCUT2D eigenvalue weighted by molar-refractivity contribution is 9.10. The third-order valence-corrected chi connectivity index (χ3v) is 5.70. The number of nitro benzene ring substituents is 1. The van der Waals surface area contributed by atoms with Crippen LogP contribution in [0.5, 0.6) is 5.88 Å². The van der Waals surface area contributed by atoms with Gasteiger partial charge >= 0.3 is 11.4 Å². The van der Waals surface area contributed by atoms with Crippen LogP contribution in [0, 0.1) is 24.0 Å². The van der Waals surface area contributed by atoms with Crippen LogP contribution < -0.4 is 16.9 Å². The zero-order valence-corrected chi connectivity index (χ0v) is 18.7. The van der Waals surface area contributed by atoms with Gasteiger partial charge in [-0.25, -0.2) is 19.1 Å². The van der Waals surface area contributed by atoms with Crippen molar-refractivity contribution in [2.45, 2.75) is 13.8 Å². The quantitative estimate of drug-likeness (QED) is 0.184. The van der Waals surface area contributed by atoms with E-state index in [0.29, 0.717) is 4.47 Å². The number of nitro groups is 1. The van der Waals surface area contributed by atoms with E-state index in [0.717, 1.165) is 28.0 Å². The van der Waals surface area contributed by atoms with E-state index in [1.165, 1.54) is 6.07 Å². The molecule has 0 aliphatic heterocycles. The number of nitrogens with one attached hydrogen (secondary N) is 3. The van der Waals surface area contributed by atoms with Gasteiger partial charge in [-0.2, -0.15) is 0 Å². The number of rotatable bonds is 4. The molecule has 0 bridgehead atoms. The largest absolute Gasteiger partial charge is 0.493 e. The maximum absolute atomic E-state index is 12.5. The number of hydrogen-bond donors (Lipinski definition) is 4. The van der Waals surface area contributed by atoms with Gasteiger partial charge in [0.05, 0.1) is 21.6 Å². The fourth-order valence-electron chi connectivity index (χ4n) is 3.26. The van der Waals surface area contributed by atoms with Crippen molar-refractivity contribution in [1.82, 2.24) is 19.5 Å². The van der Waals surface area contributed by atoms with E-state index in [2.05, 4.69) is 35.9 Å². The molecule has 0 atom stereocenters. The minimum absolute atomic E-state index is 0.174. The van der Waals surface area contributed by atoms with Gasteiger partial charge in [0, 0.05) is 16.8 Å². The standard InChI is InChI=1S/C20H15BrN6O6/c1-8-3-11(21)15(4-9(8)2)26-18(29)10(17(28)25-20(26)31)7-22-14-5-12-13(24-19(30)23-12)6-16(14)27(32)33/h3-7,29H,1-2H3,(H2,23,24,30)(H,25,28,31). The summed E-state index contributed by atoms with van der Waals surface area (Å²) in [6, 6.07) is 5.78. The first kappa shape index (κ1) is 22.0. The van der Waals surface area contributed by atoms with Crippen LogP contribution in [-0.4, -0.2) is 35.8 Å². The number of aromatic amines is 3. The van der Waals surface area contributed by atoms with E-state index in [9.17, 15) is 29.6 Å². The Balaban J connectivity index is 1.91. The summed E-state index contributed by atoms with van der Waals surface area (Å²) in [6.45, 7) is 3.70. The predicted octanol–water partition coefficient (Wildman–Crippen LogP) is 2.44. The van der Waals surface area contributed by atoms with Gasteiger partial charge in [0.1, 0.15) is 11.3 Å². The van der Waals surface area contributed by atoms with Gasteiger partial charge < -0.3 is 15.1 Å². The number of imidazole rings is 1. The van der Waals surface area contributed by atoms with Gasteiger partial charge in [-0.3, -0.25) is 19.9 Å². The molecule has 13 heteroatoms. The first-order chi connectivity index (χ1) is 15.6. The highest BCUT2D eigenvalue weighted by atomic mass is 79.9. The van der Waals surface area contributed by atoms with Crippen LogP contribution in [-0.2, 0) is 0 Å². The lowest BCUT2D eigenvalue weighted by atomic mass is 10.1. The summed E-state index contributed by atoms with van der Waals surface area (Å²) in [5.74, 6) is -0.699. The number of aryl methyl sites for hydroxylation is 2. The first-order valence-corrected chi connectivity index (χ1v) is 10.2. The number of hydrogen-bond acceptors (Lipinski definition) is 7. The average Bonchev–Trinajstić information content (AvgIpc) is 3.09. The van der Waals surface area contributed by atoms with Crippen LogP contribution in [0.2, 0.25) is 0 Å². The summed E-state index contributed by atoms with van der Waals surface area (Å²) in [5, 5.41) is 22.2. The molecule has 2 aromatic heterocycles. The molecule has 0 aliphatic rings. The van der Waals surface area contributed by atoms with Crippen LogP contribution in [0.4, 0.5) is 11.4 Å². The maximum Gasteiger partial charge on any atom is 0.335 e. The topological polar surface area (TPSA) is 179 Å². The van der Waals surface area contributed by atoms with Crippen LogP contribution in [0.1, 0.15) is 16.7 Å². The zero-order valence-electron chi connectivity index (χ0n) is 17.1. The van der Waals surface area contributed by atoms with E-state index in [-0.39, 0.29) is 22.4 Å². The van der Waals surface area contributed by atoms with E-state index in [1.807, 2.05) is 13.8 Å². The highest BCUT2D eigenvalue weighted by Crippen LogP contribution is 2.31. The number of nitrogens with zero attached hydrogens (tertiary/aromatic N) is 3. The number of H-pyrrole nitrogens is 3. The van der Waals surface area contributed by atoms with Crippen LogP contribution in [0.25, 0.3) is 16.7 Å². The molecule has 0 radical (unpaired) electrons. The van der Waals surface area contributed by atoms with Gasteiger partial charge in [0.15, 0.2) is 0 Å². The molecule has 2 aromatic carbocycles. The van der Waals surface area contributed by atoms with Gasteiger partial charge in [-0.05, 0) is 59.1 Å². The lowest BCUT2D eigenvalue weighted by molar-refractivity contribution is -0.383. The van der Waals surface area contributed by atoms with Crippen molar-refractivity contribution in [3.63, 3.8) is 0 Å². The fraction of sp³-hybridized carbons (Fsp3) is 0.100. The molecule has 0 spiro atoms. The molecule has 0 fully saturated rings. The minimum Gasteiger partial charge on any atom is -0.493 e. The third-order valence-electron chi connectivity index (χ3n) is 5.07. The molecular formula is C20H15BrN6O6. The van der Waals surface area contributed by atoms with Crippen LogP contribution in [0.15, 0.2) is 48.1 Å². The Morgan fingerprint density at radius 1 is 1.06 bits per heavy atom. The van der Waals surface area contributed by atoms with Crippen molar-refractivity contribution >= 4 is 44.6 Å². The van der Waals surface area contributed by atoms with E-state index in [4.69, 9.17) is 0 Å². The van der Waals surface area contributed by atoms with Crippen molar-refractivity contribution in [1.29, 1.82) is 0 Å². The van der Waals surface area contributed by atoms with Crippen LogP contribution in [0.3, 0.4) is 0 Å². The monoisotopic (exact) mass is 514 g/mol. The van der Waals surface area contributed by atoms with Crippen molar-refractivity contribution < 1.29 is 10.0 Å². The summed E-state index contributed by atoms with van der Waals surface area (Å²) >= 11 is 3.35. The Labute approximate surface area is 191 Å². The second-order valence-corrected chi connectivity index (χ2v) is 8.06. The number of halogens is 1. The normalized spacial score (nSPS) is 11.5. The molecule has 0 saturated heterocycles. The molecule has 0 saturated carbocycles. The van der Waals surface area contributed by atoms with Gasteiger partial charge in [0.25, 0.3) is 11.2 Å². The van der Waals surface area contributed by atoms with Crippen molar-refractivity contribution in [3.05, 3.63) is 86.9 Å². The molecular weight excluding hydrogens is 500 g/mol. The van der Waals surface area contributed by atoms with Gasteiger partial charge in [0.2, 0.25) is 5.88 Å². The lowest BCUT2D eigenvalue weighted by Crippen LogP contribution is -2.31. The molecule has 4 N–H and O–H groups in total. The number of aromatic nitrogens is 4. The zero-order chi connectivity index (χ0) is 24.0. The second-order valence-electron chi connectivity index (χ2n) is 7.20. The van der Waals surface area contributed by atoms with E-state index in [1.54, 1.807) is 12.1 Å². The van der Waals surface area contributed by atoms with Crippen molar-refractivity contribution in [2.75, 3.05) is 0 Å². The summed E-state index contributed by atoms with van der Waals surface area (Å²) in [5.41, 5.74) is -0.838. The smallest absolute Gasteiger partial charge is 0.335 e. The SMILES string of the molecule is Cc1cc(Br)c(-n2c(O)c(C=Nc3cc4[nH]c(=O)[nH]c4cc3[N+](=O)[O-])c(=O)[nH]c2=O)cc1C. The molecule has 4 rings (SSSR count). The molecule has 33 heavy (non-hydrogen) atoms. The number of fused-ring (bicyclic) bond motifs is 1. The van der Waals surface area contributed by atoms with Gasteiger partial charge in [-0.1, -0.05) is 0 Å². The Hall–Kier alpha value is -4.26. The molecule has 2 heterocycles. The second kappa shape index (κ2) is 8.02. The number of aromatic hydroxyl groups is 1. The summed E-state index contributed by atoms with van der Waals surface area (Å²) in [6.07, 6.45) is 0.915. The lowest BCUT2D eigenvalue weighted by Gasteiger charge is -2.13. The Morgan fingerprint density at radius 2 is 1.70 bits per heavy atom. The maximum atomic E-state index is 12.5. The van der Waals surface area contributed by atoms with Crippen molar-refractivity contribution in [3.8, 4) is 11.6 Å². The summed E-state index contributed by atoms with van der Waals surface area (Å²) in [4.78, 5) is 58.1. The molecule has 4 aromatic rings. The van der Waals surface area contributed by atoms with Gasteiger partial charge in [-0.15, -0.1) is 0 Å². The average molecular weight is 515 g/mol. The van der Waals surface area contributed by atoms with Crippen LogP contribution >= 0.6 is 15.9 Å².